The molecule has 0 amide bonds. The number of ketones is 1. The van der Waals surface area contributed by atoms with Gasteiger partial charge < -0.3 is 15.2 Å². The van der Waals surface area contributed by atoms with E-state index >= 15 is 0 Å². The number of carbonyl (C=O) groups is 1. The fraction of sp³-hybridized carbons (Fsp3) is 0.407. The first-order valence-electron chi connectivity index (χ1n) is 11.4. The fourth-order valence-corrected chi connectivity index (χ4v) is 5.49. The molecule has 0 aliphatic heterocycles. The molecule has 1 aromatic heterocycles. The standard InChI is InChI=1S/C27H31NO4/c1-16-4-11-22-19(14-16)6-5-17(2)27(22,3)13-12-23(30)24-25(31)21(15-28-26(24)32)18-7-9-20(29)10-8-18/h5-10,12-13,15-17,19,22,29H,4,11,14H2,1-3H3,(H2,28,31,32)/b13-12+/t16-,17-,19-,22-,27-/m1/s1. The van der Waals surface area contributed by atoms with E-state index in [2.05, 4.69) is 37.9 Å². The van der Waals surface area contributed by atoms with E-state index in [1.165, 1.54) is 37.2 Å². The molecule has 0 unspecified atom stereocenters. The van der Waals surface area contributed by atoms with Crippen LogP contribution in [0.3, 0.4) is 0 Å². The maximum absolute atomic E-state index is 13.1. The van der Waals surface area contributed by atoms with Crippen LogP contribution in [-0.2, 0) is 0 Å². The molecule has 1 saturated carbocycles. The summed E-state index contributed by atoms with van der Waals surface area (Å²) in [6.07, 6.45) is 12.9. The highest BCUT2D eigenvalue weighted by atomic mass is 16.3. The van der Waals surface area contributed by atoms with Gasteiger partial charge in [0.05, 0.1) is 0 Å². The van der Waals surface area contributed by atoms with Crippen molar-refractivity contribution >= 4 is 5.78 Å². The van der Waals surface area contributed by atoms with Gasteiger partial charge in [-0.3, -0.25) is 9.59 Å². The minimum absolute atomic E-state index is 0.0937. The van der Waals surface area contributed by atoms with E-state index in [0.29, 0.717) is 28.9 Å². The van der Waals surface area contributed by atoms with Crippen LogP contribution in [0.5, 0.6) is 11.5 Å². The quantitative estimate of drug-likeness (QED) is 0.339. The van der Waals surface area contributed by atoms with E-state index < -0.39 is 11.3 Å². The summed E-state index contributed by atoms with van der Waals surface area (Å²) in [5.41, 5.74) is -0.143. The van der Waals surface area contributed by atoms with E-state index in [-0.39, 0.29) is 28.4 Å². The minimum Gasteiger partial charge on any atom is -0.508 e. The summed E-state index contributed by atoms with van der Waals surface area (Å²) in [5.74, 6) is 1.19. The van der Waals surface area contributed by atoms with Gasteiger partial charge in [0.1, 0.15) is 17.1 Å². The van der Waals surface area contributed by atoms with Crippen LogP contribution in [0.1, 0.15) is 50.4 Å². The molecule has 1 fully saturated rings. The van der Waals surface area contributed by atoms with E-state index in [4.69, 9.17) is 0 Å². The molecule has 0 spiro atoms. The van der Waals surface area contributed by atoms with Crippen molar-refractivity contribution in [2.45, 2.75) is 40.0 Å². The van der Waals surface area contributed by atoms with Crippen LogP contribution >= 0.6 is 0 Å². The molecule has 32 heavy (non-hydrogen) atoms. The molecule has 2 aliphatic rings. The van der Waals surface area contributed by atoms with Gasteiger partial charge in [-0.25, -0.2) is 0 Å². The van der Waals surface area contributed by atoms with Gasteiger partial charge in [-0.05, 0) is 65.7 Å². The van der Waals surface area contributed by atoms with Gasteiger partial charge in [0.2, 0.25) is 0 Å². The molecule has 2 aromatic rings. The third-order valence-corrected chi connectivity index (χ3v) is 7.67. The molecule has 0 radical (unpaired) electrons. The summed E-state index contributed by atoms with van der Waals surface area (Å²) in [4.78, 5) is 28.1. The Morgan fingerprint density at radius 2 is 1.84 bits per heavy atom. The molecule has 5 atom stereocenters. The van der Waals surface area contributed by atoms with Crippen molar-refractivity contribution in [2.75, 3.05) is 0 Å². The number of aromatic nitrogens is 1. The van der Waals surface area contributed by atoms with E-state index in [0.717, 1.165) is 6.42 Å². The van der Waals surface area contributed by atoms with Crippen LogP contribution in [-0.4, -0.2) is 21.0 Å². The highest BCUT2D eigenvalue weighted by molar-refractivity contribution is 6.07. The second-order valence-corrected chi connectivity index (χ2v) is 9.73. The summed E-state index contributed by atoms with van der Waals surface area (Å²) >= 11 is 0. The van der Waals surface area contributed by atoms with Crippen LogP contribution in [0, 0.1) is 29.1 Å². The highest BCUT2D eigenvalue weighted by Crippen LogP contribution is 2.52. The number of hydrogen-bond acceptors (Lipinski definition) is 4. The summed E-state index contributed by atoms with van der Waals surface area (Å²) in [6, 6.07) is 6.21. The zero-order valence-electron chi connectivity index (χ0n) is 18.8. The number of aromatic hydroxyl groups is 2. The van der Waals surface area contributed by atoms with Crippen molar-refractivity contribution in [1.82, 2.24) is 4.98 Å². The molecular weight excluding hydrogens is 402 g/mol. The average molecular weight is 434 g/mol. The average Bonchev–Trinajstić information content (AvgIpc) is 2.76. The zero-order valence-corrected chi connectivity index (χ0v) is 18.8. The zero-order chi connectivity index (χ0) is 23.0. The number of hydrogen-bond donors (Lipinski definition) is 3. The smallest absolute Gasteiger partial charge is 0.263 e. The SMILES string of the molecule is C[C@@H]1CC[C@@H]2[C@H](C=C[C@@H](C)[C@@]2(C)/C=C/C(=O)c2c(O)c(-c3ccc(O)cc3)c[nH]c2=O)C1. The second-order valence-electron chi connectivity index (χ2n) is 9.73. The number of fused-ring (bicyclic) bond motifs is 1. The second kappa shape index (κ2) is 8.45. The van der Waals surface area contributed by atoms with Gasteiger partial charge in [-0.1, -0.05) is 57.6 Å². The lowest BCUT2D eigenvalue weighted by Gasteiger charge is -2.49. The number of benzene rings is 1. The minimum atomic E-state index is -0.620. The van der Waals surface area contributed by atoms with Crippen LogP contribution in [0.15, 0.2) is 59.6 Å². The van der Waals surface area contributed by atoms with Crippen molar-refractivity contribution in [3.05, 3.63) is 70.7 Å². The number of allylic oxidation sites excluding steroid dienone is 4. The van der Waals surface area contributed by atoms with E-state index in [1.54, 1.807) is 12.1 Å². The van der Waals surface area contributed by atoms with Crippen molar-refractivity contribution in [1.29, 1.82) is 0 Å². The van der Waals surface area contributed by atoms with Gasteiger partial charge in [0, 0.05) is 11.8 Å². The maximum Gasteiger partial charge on any atom is 0.263 e. The lowest BCUT2D eigenvalue weighted by Crippen LogP contribution is -2.41. The van der Waals surface area contributed by atoms with Crippen molar-refractivity contribution < 1.29 is 15.0 Å². The fourth-order valence-electron chi connectivity index (χ4n) is 5.49. The van der Waals surface area contributed by atoms with Crippen LogP contribution in [0.2, 0.25) is 0 Å². The van der Waals surface area contributed by atoms with Gasteiger partial charge in [-0.2, -0.15) is 0 Å². The van der Waals surface area contributed by atoms with Crippen LogP contribution in [0.25, 0.3) is 11.1 Å². The number of phenolic OH excluding ortho intramolecular Hbond substituents is 1. The Balaban J connectivity index is 1.66. The first-order valence-corrected chi connectivity index (χ1v) is 11.4. The largest absolute Gasteiger partial charge is 0.508 e. The Labute approximate surface area is 188 Å². The molecule has 0 saturated heterocycles. The van der Waals surface area contributed by atoms with Crippen LogP contribution in [0.4, 0.5) is 0 Å². The molecule has 1 heterocycles. The summed E-state index contributed by atoms with van der Waals surface area (Å²) in [5, 5.41) is 20.3. The number of aromatic amines is 1. The highest BCUT2D eigenvalue weighted by Gasteiger charge is 2.44. The summed E-state index contributed by atoms with van der Waals surface area (Å²) in [6.45, 7) is 6.68. The lowest BCUT2D eigenvalue weighted by atomic mass is 9.55. The predicted molar refractivity (Wildman–Crippen MR) is 126 cm³/mol. The maximum atomic E-state index is 13.1. The van der Waals surface area contributed by atoms with Crippen molar-refractivity contribution in [3.63, 3.8) is 0 Å². The first-order chi connectivity index (χ1) is 15.2. The molecule has 5 nitrogen and oxygen atoms in total. The van der Waals surface area contributed by atoms with Gasteiger partial charge in [0.25, 0.3) is 5.56 Å². The van der Waals surface area contributed by atoms with E-state index in [1.807, 2.05) is 6.08 Å². The predicted octanol–water partition coefficient (Wildman–Crippen LogP) is 5.46. The van der Waals surface area contributed by atoms with Gasteiger partial charge in [-0.15, -0.1) is 0 Å². The molecular formula is C27H31NO4. The van der Waals surface area contributed by atoms with Crippen LogP contribution < -0.4 is 5.56 Å². The molecule has 168 valence electrons. The molecule has 0 bridgehead atoms. The Hall–Kier alpha value is -3.08. The Morgan fingerprint density at radius 3 is 2.56 bits per heavy atom. The Morgan fingerprint density at radius 1 is 1.12 bits per heavy atom. The van der Waals surface area contributed by atoms with Crippen molar-refractivity contribution in [3.8, 4) is 22.6 Å². The topological polar surface area (TPSA) is 90.4 Å². The Bertz CT molecular complexity index is 1130. The molecule has 3 N–H and O–H groups in total. The number of phenols is 1. The Kier molecular flexibility index (Phi) is 5.85. The number of pyridine rings is 1. The third-order valence-electron chi connectivity index (χ3n) is 7.67. The van der Waals surface area contributed by atoms with Gasteiger partial charge in [0.15, 0.2) is 5.78 Å². The number of nitrogens with one attached hydrogen (secondary N) is 1. The van der Waals surface area contributed by atoms with Crippen molar-refractivity contribution in [2.24, 2.45) is 29.1 Å². The van der Waals surface area contributed by atoms with Gasteiger partial charge >= 0.3 is 0 Å². The van der Waals surface area contributed by atoms with E-state index in [9.17, 15) is 19.8 Å². The molecule has 5 heteroatoms. The number of carbonyl (C=O) groups excluding carboxylic acids is 1. The lowest BCUT2D eigenvalue weighted by molar-refractivity contribution is 0.0770. The third kappa shape index (κ3) is 3.92. The summed E-state index contributed by atoms with van der Waals surface area (Å²) in [7, 11) is 0. The molecule has 2 aliphatic carbocycles. The number of rotatable bonds is 4. The molecule has 4 rings (SSSR count). The summed E-state index contributed by atoms with van der Waals surface area (Å²) < 4.78 is 0. The number of H-pyrrole nitrogens is 1. The normalized spacial score (nSPS) is 29.7. The molecule has 1 aromatic carbocycles. The first kappa shape index (κ1) is 22.1. The monoisotopic (exact) mass is 433 g/mol.